The minimum atomic E-state index is -0.465. The van der Waals surface area contributed by atoms with Crippen LogP contribution in [0.25, 0.3) is 0 Å². The molecule has 19 heavy (non-hydrogen) atoms. The highest BCUT2D eigenvalue weighted by Crippen LogP contribution is 2.18. The van der Waals surface area contributed by atoms with Gasteiger partial charge < -0.3 is 14.7 Å². The topological polar surface area (TPSA) is 49.8 Å². The number of benzene rings is 1. The van der Waals surface area contributed by atoms with Crippen LogP contribution in [0.2, 0.25) is 0 Å². The van der Waals surface area contributed by atoms with Crippen molar-refractivity contribution < 1.29 is 14.6 Å². The minimum Gasteiger partial charge on any atom is -0.394 e. The van der Waals surface area contributed by atoms with Crippen LogP contribution in [-0.2, 0) is 16.1 Å². The molecule has 1 aromatic carbocycles. The van der Waals surface area contributed by atoms with Crippen LogP contribution < -0.4 is 0 Å². The van der Waals surface area contributed by atoms with Crippen LogP contribution >= 0.6 is 0 Å². The van der Waals surface area contributed by atoms with Crippen molar-refractivity contribution in [2.75, 3.05) is 13.2 Å². The SMILES string of the molecule is CC(OCc1ccccc1)C(=O)N1CCCC1CO. The Kier molecular flexibility index (Phi) is 4.93. The van der Waals surface area contributed by atoms with E-state index in [9.17, 15) is 9.90 Å². The molecule has 1 aliphatic heterocycles. The fraction of sp³-hybridized carbons (Fsp3) is 0.533. The van der Waals surface area contributed by atoms with Gasteiger partial charge in [-0.1, -0.05) is 30.3 Å². The minimum absolute atomic E-state index is 0.0209. The van der Waals surface area contributed by atoms with E-state index < -0.39 is 6.10 Å². The molecule has 0 aliphatic carbocycles. The lowest BCUT2D eigenvalue weighted by molar-refractivity contribution is -0.145. The van der Waals surface area contributed by atoms with Crippen LogP contribution in [0, 0.1) is 0 Å². The summed E-state index contributed by atoms with van der Waals surface area (Å²) < 4.78 is 5.62. The van der Waals surface area contributed by atoms with E-state index in [1.165, 1.54) is 0 Å². The Hall–Kier alpha value is -1.39. The number of ether oxygens (including phenoxy) is 1. The number of aliphatic hydroxyl groups excluding tert-OH is 1. The van der Waals surface area contributed by atoms with Crippen LogP contribution in [0.5, 0.6) is 0 Å². The highest BCUT2D eigenvalue weighted by Gasteiger charge is 2.31. The zero-order valence-electron chi connectivity index (χ0n) is 11.3. The van der Waals surface area contributed by atoms with Crippen molar-refractivity contribution in [1.29, 1.82) is 0 Å². The smallest absolute Gasteiger partial charge is 0.251 e. The molecule has 1 heterocycles. The second-order valence-corrected chi connectivity index (χ2v) is 4.95. The van der Waals surface area contributed by atoms with E-state index >= 15 is 0 Å². The highest BCUT2D eigenvalue weighted by molar-refractivity contribution is 5.81. The summed E-state index contributed by atoms with van der Waals surface area (Å²) >= 11 is 0. The molecule has 4 nitrogen and oxygen atoms in total. The number of carbonyl (C=O) groups excluding carboxylic acids is 1. The van der Waals surface area contributed by atoms with Gasteiger partial charge in [0.25, 0.3) is 5.91 Å². The summed E-state index contributed by atoms with van der Waals surface area (Å²) in [6.07, 6.45) is 1.38. The van der Waals surface area contributed by atoms with Crippen molar-refractivity contribution in [1.82, 2.24) is 4.90 Å². The van der Waals surface area contributed by atoms with E-state index in [2.05, 4.69) is 0 Å². The predicted octanol–water partition coefficient (Wildman–Crippen LogP) is 1.57. The van der Waals surface area contributed by atoms with E-state index in [0.29, 0.717) is 6.61 Å². The number of nitrogens with zero attached hydrogens (tertiary/aromatic N) is 1. The quantitative estimate of drug-likeness (QED) is 0.877. The first kappa shape index (κ1) is 14.0. The number of aliphatic hydroxyl groups is 1. The molecule has 1 aromatic rings. The number of hydrogen-bond donors (Lipinski definition) is 1. The molecule has 2 rings (SSSR count). The van der Waals surface area contributed by atoms with Crippen molar-refractivity contribution in [3.05, 3.63) is 35.9 Å². The molecule has 1 N–H and O–H groups in total. The lowest BCUT2D eigenvalue weighted by Gasteiger charge is -2.26. The van der Waals surface area contributed by atoms with Gasteiger partial charge in [0, 0.05) is 6.54 Å². The average molecular weight is 263 g/mol. The van der Waals surface area contributed by atoms with Crippen LogP contribution in [0.3, 0.4) is 0 Å². The van der Waals surface area contributed by atoms with Gasteiger partial charge in [-0.25, -0.2) is 0 Å². The standard InChI is InChI=1S/C15H21NO3/c1-12(19-11-13-6-3-2-4-7-13)15(18)16-9-5-8-14(16)10-17/h2-4,6-7,12,14,17H,5,8-11H2,1H3. The van der Waals surface area contributed by atoms with Gasteiger partial charge in [-0.05, 0) is 25.3 Å². The summed E-state index contributed by atoms with van der Waals surface area (Å²) in [6.45, 7) is 2.98. The molecular formula is C15H21NO3. The summed E-state index contributed by atoms with van der Waals surface area (Å²) in [5.41, 5.74) is 1.06. The first-order valence-corrected chi connectivity index (χ1v) is 6.79. The summed E-state index contributed by atoms with van der Waals surface area (Å²) in [5, 5.41) is 9.24. The van der Waals surface area contributed by atoms with Crippen LogP contribution in [-0.4, -0.2) is 41.2 Å². The lowest BCUT2D eigenvalue weighted by Crippen LogP contribution is -2.43. The normalized spacial score (nSPS) is 20.5. The van der Waals surface area contributed by atoms with Gasteiger partial charge in [0.05, 0.1) is 19.3 Å². The third kappa shape index (κ3) is 3.55. The molecule has 1 aliphatic rings. The Bertz CT molecular complexity index is 407. The van der Waals surface area contributed by atoms with E-state index in [1.54, 1.807) is 11.8 Å². The Labute approximate surface area is 114 Å². The summed E-state index contributed by atoms with van der Waals surface area (Å²) in [6, 6.07) is 9.78. The van der Waals surface area contributed by atoms with Gasteiger partial charge >= 0.3 is 0 Å². The van der Waals surface area contributed by atoms with Crippen molar-refractivity contribution in [3.8, 4) is 0 Å². The van der Waals surface area contributed by atoms with E-state index in [4.69, 9.17) is 4.74 Å². The predicted molar refractivity (Wildman–Crippen MR) is 72.5 cm³/mol. The Morgan fingerprint density at radius 3 is 2.89 bits per heavy atom. The molecule has 0 aromatic heterocycles. The summed E-state index contributed by atoms with van der Waals surface area (Å²) in [5.74, 6) is -0.0209. The van der Waals surface area contributed by atoms with E-state index in [-0.39, 0.29) is 18.6 Å². The molecule has 1 amide bonds. The molecule has 0 radical (unpaired) electrons. The molecule has 2 unspecified atom stereocenters. The Morgan fingerprint density at radius 2 is 2.21 bits per heavy atom. The molecule has 1 saturated heterocycles. The zero-order valence-corrected chi connectivity index (χ0v) is 11.3. The third-order valence-corrected chi connectivity index (χ3v) is 3.56. The molecule has 1 fully saturated rings. The molecule has 0 spiro atoms. The number of amides is 1. The van der Waals surface area contributed by atoms with Crippen molar-refractivity contribution in [2.24, 2.45) is 0 Å². The van der Waals surface area contributed by atoms with Gasteiger partial charge in [-0.15, -0.1) is 0 Å². The first-order chi connectivity index (χ1) is 9.22. The largest absolute Gasteiger partial charge is 0.394 e. The molecule has 4 heteroatoms. The van der Waals surface area contributed by atoms with E-state index in [1.807, 2.05) is 30.3 Å². The fourth-order valence-corrected chi connectivity index (χ4v) is 2.42. The average Bonchev–Trinajstić information content (AvgIpc) is 2.93. The van der Waals surface area contributed by atoms with Gasteiger partial charge in [0.15, 0.2) is 0 Å². The zero-order chi connectivity index (χ0) is 13.7. The summed E-state index contributed by atoms with van der Waals surface area (Å²) in [4.78, 5) is 14.0. The van der Waals surface area contributed by atoms with Crippen molar-refractivity contribution in [3.63, 3.8) is 0 Å². The van der Waals surface area contributed by atoms with Crippen molar-refractivity contribution in [2.45, 2.75) is 38.5 Å². The molecule has 2 atom stereocenters. The van der Waals surface area contributed by atoms with Crippen LogP contribution in [0.4, 0.5) is 0 Å². The monoisotopic (exact) mass is 263 g/mol. The molecule has 0 saturated carbocycles. The second kappa shape index (κ2) is 6.68. The van der Waals surface area contributed by atoms with Gasteiger partial charge in [-0.2, -0.15) is 0 Å². The van der Waals surface area contributed by atoms with Gasteiger partial charge in [0.2, 0.25) is 0 Å². The molecule has 104 valence electrons. The number of rotatable bonds is 5. The maximum Gasteiger partial charge on any atom is 0.251 e. The maximum absolute atomic E-state index is 12.2. The Balaban J connectivity index is 1.85. The third-order valence-electron chi connectivity index (χ3n) is 3.56. The number of likely N-dealkylation sites (tertiary alicyclic amines) is 1. The highest BCUT2D eigenvalue weighted by atomic mass is 16.5. The Morgan fingerprint density at radius 1 is 1.47 bits per heavy atom. The van der Waals surface area contributed by atoms with Crippen LogP contribution in [0.1, 0.15) is 25.3 Å². The fourth-order valence-electron chi connectivity index (χ4n) is 2.42. The van der Waals surface area contributed by atoms with Crippen LogP contribution in [0.15, 0.2) is 30.3 Å². The lowest BCUT2D eigenvalue weighted by atomic mass is 10.2. The maximum atomic E-state index is 12.2. The van der Waals surface area contributed by atoms with Gasteiger partial charge in [0.1, 0.15) is 6.10 Å². The summed E-state index contributed by atoms with van der Waals surface area (Å²) in [7, 11) is 0. The number of carbonyl (C=O) groups is 1. The van der Waals surface area contributed by atoms with Gasteiger partial charge in [-0.3, -0.25) is 4.79 Å². The second-order valence-electron chi connectivity index (χ2n) is 4.95. The van der Waals surface area contributed by atoms with E-state index in [0.717, 1.165) is 24.9 Å². The van der Waals surface area contributed by atoms with Crippen molar-refractivity contribution >= 4 is 5.91 Å². The first-order valence-electron chi connectivity index (χ1n) is 6.79. The number of hydrogen-bond acceptors (Lipinski definition) is 3. The molecular weight excluding hydrogens is 242 g/mol. The molecule has 0 bridgehead atoms.